The van der Waals surface area contributed by atoms with Crippen molar-refractivity contribution in [1.29, 1.82) is 0 Å². The first kappa shape index (κ1) is 39.5. The summed E-state index contributed by atoms with van der Waals surface area (Å²) in [5, 5.41) is 4.35. The van der Waals surface area contributed by atoms with E-state index in [1.165, 1.54) is 157 Å². The number of aryl methyl sites for hydroxylation is 6. The maximum absolute atomic E-state index is 2.80. The number of benzene rings is 4. The average Bonchev–Trinajstić information content (AvgIpc) is 3.59. The molecule has 0 unspecified atom stereocenters. The van der Waals surface area contributed by atoms with Crippen LogP contribution < -0.4 is 0 Å². The molecule has 2 nitrogen and oxygen atoms in total. The summed E-state index contributed by atoms with van der Waals surface area (Å²) in [6, 6.07) is 24.6. The molecular formula is C50H65N2PRu. The van der Waals surface area contributed by atoms with Gasteiger partial charge in [0.1, 0.15) is 5.20 Å². The molecule has 0 spiro atoms. The van der Waals surface area contributed by atoms with E-state index in [1.54, 1.807) is 5.20 Å². The number of rotatable bonds is 6. The molecule has 4 heteroatoms. The normalized spacial score (nSPS) is 17.7. The van der Waals surface area contributed by atoms with Crippen molar-refractivity contribution in [2.45, 2.75) is 155 Å². The van der Waals surface area contributed by atoms with Gasteiger partial charge in [-0.2, -0.15) is 0 Å². The molecule has 0 saturated heterocycles. The first-order chi connectivity index (χ1) is 26.2. The molecule has 0 aliphatic heterocycles. The van der Waals surface area contributed by atoms with E-state index in [-0.39, 0.29) is 0 Å². The Morgan fingerprint density at radius 1 is 0.500 bits per heavy atom. The number of imidazole rings is 1. The number of fused-ring (bicyclic) bond motifs is 1. The van der Waals surface area contributed by atoms with Crippen LogP contribution in [0.25, 0.3) is 22.1 Å². The predicted octanol–water partition coefficient (Wildman–Crippen LogP) is 14.2. The van der Waals surface area contributed by atoms with E-state index < -0.39 is 6.89 Å². The SMILES string of the molecule is Cc1cc(C)c(-n2ccn(-c3c(C)cc(C)cc3C)c2=P(C2CCCCC2)(C2CCCCC2)C2CCCCC2)c(C)c1.[Ru]=[CH]c1ccc2ccccc2c1. The third kappa shape index (κ3) is 7.94. The fourth-order valence-corrected chi connectivity index (χ4v) is 19.2. The summed E-state index contributed by atoms with van der Waals surface area (Å²) in [4.78, 5) is 0. The van der Waals surface area contributed by atoms with E-state index in [4.69, 9.17) is 0 Å². The Morgan fingerprint density at radius 2 is 0.889 bits per heavy atom. The fraction of sp³-hybridized carbons (Fsp3) is 0.480. The van der Waals surface area contributed by atoms with Gasteiger partial charge in [0.2, 0.25) is 0 Å². The molecule has 3 saturated carbocycles. The molecule has 0 amide bonds. The number of nitrogens with zero attached hydrogens (tertiary/aromatic N) is 2. The molecule has 3 aliphatic carbocycles. The van der Waals surface area contributed by atoms with Gasteiger partial charge in [0.25, 0.3) is 0 Å². The Kier molecular flexibility index (Phi) is 12.9. The van der Waals surface area contributed by atoms with Gasteiger partial charge in [-0.25, -0.2) is 0 Å². The van der Waals surface area contributed by atoms with E-state index in [0.717, 1.165) is 17.0 Å². The van der Waals surface area contributed by atoms with Crippen molar-refractivity contribution >= 4 is 22.3 Å². The molecule has 0 N–H and O–H groups in total. The molecular weight excluding hydrogens is 761 g/mol. The van der Waals surface area contributed by atoms with E-state index in [1.807, 2.05) is 4.61 Å². The van der Waals surface area contributed by atoms with Gasteiger partial charge >= 0.3 is 81.3 Å². The van der Waals surface area contributed by atoms with Gasteiger partial charge in [-0.05, 0) is 119 Å². The average molecular weight is 826 g/mol. The Labute approximate surface area is 337 Å². The van der Waals surface area contributed by atoms with Crippen LogP contribution in [0.4, 0.5) is 0 Å². The molecule has 8 rings (SSSR count). The van der Waals surface area contributed by atoms with Crippen LogP contribution in [0.2, 0.25) is 0 Å². The Balaban J connectivity index is 0.000000317. The third-order valence-corrected chi connectivity index (χ3v) is 20.2. The van der Waals surface area contributed by atoms with Crippen LogP contribution in [-0.2, 0) is 17.9 Å². The predicted molar refractivity (Wildman–Crippen MR) is 233 cm³/mol. The van der Waals surface area contributed by atoms with E-state index in [2.05, 4.69) is 148 Å². The second-order valence-electron chi connectivity index (χ2n) is 17.3. The minimum absolute atomic E-state index is 0.884. The van der Waals surface area contributed by atoms with Gasteiger partial charge in [-0.1, -0.05) is 100 Å². The Hall–Kier alpha value is -2.73. The summed E-state index contributed by atoms with van der Waals surface area (Å²) in [7, 11) is 0. The van der Waals surface area contributed by atoms with Crippen molar-refractivity contribution in [1.82, 2.24) is 9.13 Å². The molecule has 0 atom stereocenters. The standard InChI is InChI=1S/C39H57N2P.C11H8.Ru/c1-28-24-30(3)37(31(4)25-28)40-22-23-41(38-32(5)26-29(2)27-33(38)6)39(40)42(34-16-10-7-11-17-34,35-18-12-8-13-19-35)36-20-14-9-15-21-36;1-9-6-7-10-4-2-3-5-11(10)8-9;/h22-27,34-36H,7-21H2,1-6H3;1-8H;. The Morgan fingerprint density at radius 3 is 1.28 bits per heavy atom. The van der Waals surface area contributed by atoms with Gasteiger partial charge in [-0.3, -0.25) is 0 Å². The molecule has 3 aliphatic rings. The zero-order valence-corrected chi connectivity index (χ0v) is 36.7. The number of aromatic nitrogens is 2. The molecule has 4 aromatic carbocycles. The van der Waals surface area contributed by atoms with Gasteiger partial charge < -0.3 is 9.13 Å². The zero-order valence-electron chi connectivity index (χ0n) is 34.1. The summed E-state index contributed by atoms with van der Waals surface area (Å²) in [6.45, 7) is 12.4. The molecule has 0 bridgehead atoms. The van der Waals surface area contributed by atoms with Crippen LogP contribution in [0.1, 0.15) is 135 Å². The first-order valence-electron chi connectivity index (χ1n) is 21.3. The van der Waals surface area contributed by atoms with Crippen LogP contribution in [0.15, 0.2) is 79.1 Å². The monoisotopic (exact) mass is 826 g/mol. The number of hydrogen-bond donors (Lipinski definition) is 0. The summed E-state index contributed by atoms with van der Waals surface area (Å²) in [5.41, 5.74) is 15.3. The molecule has 3 fully saturated rings. The van der Waals surface area contributed by atoms with E-state index in [9.17, 15) is 0 Å². The fourth-order valence-electron chi connectivity index (χ4n) is 11.4. The first-order valence-corrected chi connectivity index (χ1v) is 24.3. The van der Waals surface area contributed by atoms with Gasteiger partial charge in [0.15, 0.2) is 0 Å². The third-order valence-electron chi connectivity index (χ3n) is 13.3. The quantitative estimate of drug-likeness (QED) is 0.119. The molecule has 5 aromatic rings. The van der Waals surface area contributed by atoms with Crippen molar-refractivity contribution in [2.75, 3.05) is 0 Å². The summed E-state index contributed by atoms with van der Waals surface area (Å²) >= 11 is 2.53. The van der Waals surface area contributed by atoms with Crippen molar-refractivity contribution in [3.05, 3.63) is 123 Å². The van der Waals surface area contributed by atoms with Crippen molar-refractivity contribution in [2.24, 2.45) is 0 Å². The van der Waals surface area contributed by atoms with Crippen LogP contribution in [0.3, 0.4) is 0 Å². The Bertz CT molecular complexity index is 2010. The molecule has 0 radical (unpaired) electrons. The second kappa shape index (κ2) is 17.6. The molecule has 288 valence electrons. The molecule has 54 heavy (non-hydrogen) atoms. The molecule has 1 heterocycles. The summed E-state index contributed by atoms with van der Waals surface area (Å²) in [6.07, 6.45) is 26.8. The second-order valence-corrected chi connectivity index (χ2v) is 22.0. The summed E-state index contributed by atoms with van der Waals surface area (Å²) < 4.78 is 7.65. The topological polar surface area (TPSA) is 9.86 Å². The number of hydrogen-bond acceptors (Lipinski definition) is 0. The van der Waals surface area contributed by atoms with Crippen LogP contribution in [0.5, 0.6) is 0 Å². The van der Waals surface area contributed by atoms with Gasteiger partial charge in [0.05, 0.1) is 11.4 Å². The van der Waals surface area contributed by atoms with Crippen molar-refractivity contribution in [3.8, 4) is 11.4 Å². The van der Waals surface area contributed by atoms with Crippen molar-refractivity contribution < 1.29 is 17.9 Å². The van der Waals surface area contributed by atoms with Crippen LogP contribution >= 0.6 is 6.89 Å². The van der Waals surface area contributed by atoms with Crippen molar-refractivity contribution in [3.63, 3.8) is 0 Å². The van der Waals surface area contributed by atoms with Crippen LogP contribution in [0, 0.1) is 46.7 Å². The van der Waals surface area contributed by atoms with Crippen LogP contribution in [-0.4, -0.2) is 30.7 Å². The van der Waals surface area contributed by atoms with E-state index >= 15 is 0 Å². The summed E-state index contributed by atoms with van der Waals surface area (Å²) in [5.74, 6) is 0. The maximum atomic E-state index is 2.80. The molecule has 1 aromatic heterocycles. The minimum atomic E-state index is -1.61. The van der Waals surface area contributed by atoms with Gasteiger partial charge in [-0.15, -0.1) is 0 Å². The zero-order chi connectivity index (χ0) is 37.8. The van der Waals surface area contributed by atoms with Gasteiger partial charge in [0, 0.05) is 12.4 Å². The van der Waals surface area contributed by atoms with E-state index in [0.29, 0.717) is 0 Å².